The van der Waals surface area contributed by atoms with E-state index in [-0.39, 0.29) is 10.6 Å². The van der Waals surface area contributed by atoms with E-state index in [1.807, 2.05) is 6.07 Å². The van der Waals surface area contributed by atoms with Gasteiger partial charge in [0.25, 0.3) is 10.0 Å². The second-order valence-corrected chi connectivity index (χ2v) is 7.49. The number of pyridine rings is 1. The average molecular weight is 400 g/mol. The van der Waals surface area contributed by atoms with Crippen LogP contribution in [0.1, 0.15) is 11.1 Å². The van der Waals surface area contributed by atoms with Crippen LogP contribution in [0.25, 0.3) is 0 Å². The minimum absolute atomic E-state index is 0.152. The molecule has 0 saturated heterocycles. The van der Waals surface area contributed by atoms with Gasteiger partial charge in [0.2, 0.25) is 0 Å². The summed E-state index contributed by atoms with van der Waals surface area (Å²) in [5.41, 5.74) is 1.26. The van der Waals surface area contributed by atoms with E-state index in [9.17, 15) is 17.2 Å². The van der Waals surface area contributed by atoms with Crippen molar-refractivity contribution in [2.24, 2.45) is 0 Å². The fourth-order valence-electron chi connectivity index (χ4n) is 2.36. The Morgan fingerprint density at radius 1 is 1.00 bits per heavy atom. The van der Waals surface area contributed by atoms with E-state index in [0.717, 1.165) is 23.9 Å². The molecule has 1 heterocycles. The van der Waals surface area contributed by atoms with Crippen LogP contribution in [-0.4, -0.2) is 13.4 Å². The van der Waals surface area contributed by atoms with E-state index >= 15 is 0 Å². The minimum Gasteiger partial charge on any atom is -0.366 e. The van der Waals surface area contributed by atoms with E-state index < -0.39 is 21.7 Å². The zero-order valence-electron chi connectivity index (χ0n) is 14.4. The van der Waals surface area contributed by atoms with Crippen LogP contribution in [0.2, 0.25) is 0 Å². The molecule has 0 radical (unpaired) electrons. The van der Waals surface area contributed by atoms with Crippen LogP contribution >= 0.6 is 0 Å². The number of halogens is 2. The van der Waals surface area contributed by atoms with Crippen LogP contribution in [0.5, 0.6) is 0 Å². The number of hydrogen-bond acceptors (Lipinski definition) is 5. The van der Waals surface area contributed by atoms with Gasteiger partial charge in [-0.05, 0) is 42.0 Å². The number of sulfonamides is 1. The first kappa shape index (κ1) is 19.3. The number of rotatable bonds is 6. The van der Waals surface area contributed by atoms with Crippen molar-refractivity contribution < 1.29 is 17.2 Å². The van der Waals surface area contributed by atoms with Crippen molar-refractivity contribution in [3.05, 3.63) is 83.6 Å². The first-order chi connectivity index (χ1) is 13.4. The molecule has 28 heavy (non-hydrogen) atoms. The molecule has 3 rings (SSSR count). The lowest BCUT2D eigenvalue weighted by molar-refractivity contribution is 0.584. The Kier molecular flexibility index (Phi) is 5.52. The summed E-state index contributed by atoms with van der Waals surface area (Å²) in [5.74, 6) is -1.34. The predicted octanol–water partition coefficient (Wildman–Crippen LogP) is 3.64. The molecule has 9 heteroatoms. The maximum absolute atomic E-state index is 13.2. The number of nitriles is 1. The lowest BCUT2D eigenvalue weighted by Crippen LogP contribution is -2.14. The molecule has 0 atom stereocenters. The zero-order valence-corrected chi connectivity index (χ0v) is 15.2. The molecule has 0 aliphatic rings. The van der Waals surface area contributed by atoms with Gasteiger partial charge in [-0.3, -0.25) is 4.72 Å². The van der Waals surface area contributed by atoms with Crippen molar-refractivity contribution in [3.63, 3.8) is 0 Å². The van der Waals surface area contributed by atoms with Crippen LogP contribution in [0.3, 0.4) is 0 Å². The normalized spacial score (nSPS) is 10.9. The second-order valence-electron chi connectivity index (χ2n) is 5.81. The molecule has 6 nitrogen and oxygen atoms in total. The molecule has 0 amide bonds. The summed E-state index contributed by atoms with van der Waals surface area (Å²) < 4.78 is 53.2. The molecule has 0 unspecified atom stereocenters. The Balaban J connectivity index is 1.67. The number of aromatic nitrogens is 1. The van der Waals surface area contributed by atoms with Crippen molar-refractivity contribution in [2.75, 3.05) is 10.0 Å². The molecule has 3 aromatic rings. The van der Waals surface area contributed by atoms with Crippen molar-refractivity contribution in [1.82, 2.24) is 4.98 Å². The summed E-state index contributed by atoms with van der Waals surface area (Å²) in [6.07, 6.45) is 1.14. The van der Waals surface area contributed by atoms with Crippen LogP contribution in [0, 0.1) is 23.0 Å². The van der Waals surface area contributed by atoms with E-state index in [4.69, 9.17) is 5.26 Å². The van der Waals surface area contributed by atoms with Crippen molar-refractivity contribution in [1.29, 1.82) is 5.26 Å². The van der Waals surface area contributed by atoms with Gasteiger partial charge in [0, 0.05) is 18.8 Å². The number of nitrogens with zero attached hydrogens (tertiary/aromatic N) is 2. The SMILES string of the molecule is N#Cc1ccc(CNc2ccc(S(=O)(=O)Nc3cc(F)cc(F)c3)cn2)cc1. The van der Waals surface area contributed by atoms with Crippen molar-refractivity contribution >= 4 is 21.5 Å². The Morgan fingerprint density at radius 2 is 1.68 bits per heavy atom. The molecule has 1 aromatic heterocycles. The monoisotopic (exact) mass is 400 g/mol. The predicted molar refractivity (Wildman–Crippen MR) is 99.9 cm³/mol. The van der Waals surface area contributed by atoms with Crippen molar-refractivity contribution in [2.45, 2.75) is 11.4 Å². The first-order valence-electron chi connectivity index (χ1n) is 8.03. The van der Waals surface area contributed by atoms with Crippen LogP contribution < -0.4 is 10.0 Å². The molecule has 0 spiro atoms. The quantitative estimate of drug-likeness (QED) is 0.659. The fraction of sp³-hybridized carbons (Fsp3) is 0.0526. The average Bonchev–Trinajstić information content (AvgIpc) is 2.66. The molecular weight excluding hydrogens is 386 g/mol. The van der Waals surface area contributed by atoms with Crippen LogP contribution in [0.15, 0.2) is 65.7 Å². The highest BCUT2D eigenvalue weighted by Gasteiger charge is 2.16. The van der Waals surface area contributed by atoms with Gasteiger partial charge < -0.3 is 5.32 Å². The van der Waals surface area contributed by atoms with Gasteiger partial charge in [-0.1, -0.05) is 12.1 Å². The third kappa shape index (κ3) is 4.81. The van der Waals surface area contributed by atoms with Crippen molar-refractivity contribution in [3.8, 4) is 6.07 Å². The van der Waals surface area contributed by atoms with Gasteiger partial charge in [0.15, 0.2) is 0 Å². The van der Waals surface area contributed by atoms with E-state index in [0.29, 0.717) is 24.0 Å². The lowest BCUT2D eigenvalue weighted by Gasteiger charge is -2.10. The summed E-state index contributed by atoms with van der Waals surface area (Å²) in [5, 5.41) is 11.8. The highest BCUT2D eigenvalue weighted by molar-refractivity contribution is 7.92. The molecule has 0 saturated carbocycles. The molecule has 0 fully saturated rings. The lowest BCUT2D eigenvalue weighted by atomic mass is 10.1. The number of nitrogens with one attached hydrogen (secondary N) is 2. The van der Waals surface area contributed by atoms with E-state index in [1.54, 1.807) is 24.3 Å². The summed E-state index contributed by atoms with van der Waals surface area (Å²) in [6, 6.07) is 14.2. The Hall–Kier alpha value is -3.51. The summed E-state index contributed by atoms with van der Waals surface area (Å²) in [4.78, 5) is 3.89. The number of benzene rings is 2. The molecule has 2 N–H and O–H groups in total. The van der Waals surface area contributed by atoms with Gasteiger partial charge in [0.05, 0.1) is 17.3 Å². The highest BCUT2D eigenvalue weighted by atomic mass is 32.2. The molecule has 142 valence electrons. The largest absolute Gasteiger partial charge is 0.366 e. The summed E-state index contributed by atoms with van der Waals surface area (Å²) in [7, 11) is -4.04. The third-order valence-corrected chi connectivity index (χ3v) is 5.08. The number of anilines is 2. The van der Waals surface area contributed by atoms with Gasteiger partial charge in [0.1, 0.15) is 22.3 Å². The summed E-state index contributed by atoms with van der Waals surface area (Å²) in [6.45, 7) is 0.436. The standard InChI is InChI=1S/C19H14F2N4O2S/c20-15-7-16(21)9-17(8-15)25-28(26,27)18-5-6-19(24-12-18)23-11-14-3-1-13(10-22)2-4-14/h1-9,12,25H,11H2,(H,23,24). The van der Waals surface area contributed by atoms with Gasteiger partial charge in [-0.25, -0.2) is 22.2 Å². The third-order valence-electron chi connectivity index (χ3n) is 3.72. The van der Waals surface area contributed by atoms with Gasteiger partial charge in [-0.2, -0.15) is 5.26 Å². The summed E-state index contributed by atoms with van der Waals surface area (Å²) >= 11 is 0. The van der Waals surface area contributed by atoms with Gasteiger partial charge in [-0.15, -0.1) is 0 Å². The fourth-order valence-corrected chi connectivity index (χ4v) is 3.35. The molecular formula is C19H14F2N4O2S. The zero-order chi connectivity index (χ0) is 20.1. The minimum atomic E-state index is -4.04. The van der Waals surface area contributed by atoms with E-state index in [1.165, 1.54) is 12.1 Å². The Labute approximate surface area is 160 Å². The first-order valence-corrected chi connectivity index (χ1v) is 9.52. The topological polar surface area (TPSA) is 94.9 Å². The Morgan fingerprint density at radius 3 is 2.25 bits per heavy atom. The molecule has 0 aliphatic heterocycles. The second kappa shape index (κ2) is 8.02. The molecule has 0 aliphatic carbocycles. The highest BCUT2D eigenvalue weighted by Crippen LogP contribution is 2.19. The maximum Gasteiger partial charge on any atom is 0.263 e. The smallest absolute Gasteiger partial charge is 0.263 e. The molecule has 0 bridgehead atoms. The maximum atomic E-state index is 13.2. The number of hydrogen-bond donors (Lipinski definition) is 2. The van der Waals surface area contributed by atoms with Gasteiger partial charge >= 0.3 is 0 Å². The molecule has 2 aromatic carbocycles. The van der Waals surface area contributed by atoms with E-state index in [2.05, 4.69) is 15.0 Å². The van der Waals surface area contributed by atoms with Crippen LogP contribution in [0.4, 0.5) is 20.3 Å². The Bertz CT molecular complexity index is 1110. The van der Waals surface area contributed by atoms with Crippen LogP contribution in [-0.2, 0) is 16.6 Å².